The van der Waals surface area contributed by atoms with Crippen LogP contribution < -0.4 is 10.5 Å². The number of ether oxygens (including phenoxy) is 7. The summed E-state index contributed by atoms with van der Waals surface area (Å²) in [6, 6.07) is 7.35. The fraction of sp³-hybridized carbons (Fsp3) is 0.591. The molecule has 1 aromatic carbocycles. The molecule has 0 aliphatic carbocycles. The van der Waals surface area contributed by atoms with Crippen LogP contribution in [0.25, 0.3) is 0 Å². The van der Waals surface area contributed by atoms with Gasteiger partial charge in [0.15, 0.2) is 0 Å². The Labute approximate surface area is 184 Å². The first-order chi connectivity index (χ1) is 15.1. The quantitative estimate of drug-likeness (QED) is 0.140. The summed E-state index contributed by atoms with van der Waals surface area (Å²) < 4.78 is 37.3. The minimum Gasteiger partial charge on any atom is -0.489 e. The van der Waals surface area contributed by atoms with Crippen LogP contribution in [-0.2, 0) is 33.2 Å². The molecule has 0 unspecified atom stereocenters. The predicted octanol–water partition coefficient (Wildman–Crippen LogP) is 1.85. The molecule has 0 aromatic heterocycles. The highest BCUT2D eigenvalue weighted by atomic mass is 16.6. The summed E-state index contributed by atoms with van der Waals surface area (Å²) in [5.74, 6) is 0.255. The lowest BCUT2D eigenvalue weighted by atomic mass is 10.3. The van der Waals surface area contributed by atoms with Gasteiger partial charge in [0, 0.05) is 5.57 Å². The molecule has 176 valence electrons. The summed E-state index contributed by atoms with van der Waals surface area (Å²) in [7, 11) is 0. The summed E-state index contributed by atoms with van der Waals surface area (Å²) in [6.07, 6.45) is 0. The van der Waals surface area contributed by atoms with E-state index in [1.807, 2.05) is 18.2 Å². The predicted molar refractivity (Wildman–Crippen MR) is 116 cm³/mol. The number of para-hydroxylation sites is 2. The molecule has 2 N–H and O–H groups in total. The van der Waals surface area contributed by atoms with Crippen LogP contribution in [0.3, 0.4) is 0 Å². The lowest BCUT2D eigenvalue weighted by Crippen LogP contribution is -2.15. The smallest absolute Gasteiger partial charge is 0.333 e. The third-order valence-electron chi connectivity index (χ3n) is 3.70. The van der Waals surface area contributed by atoms with Crippen LogP contribution in [-0.4, -0.2) is 85.3 Å². The van der Waals surface area contributed by atoms with E-state index >= 15 is 0 Å². The van der Waals surface area contributed by atoms with Crippen molar-refractivity contribution in [1.82, 2.24) is 0 Å². The molecular weight excluding hydrogens is 406 g/mol. The summed E-state index contributed by atoms with van der Waals surface area (Å²) in [4.78, 5) is 11.1. The number of hydrogen-bond donors (Lipinski definition) is 1. The molecule has 1 aromatic rings. The SMILES string of the molecule is C=C(C)C(=O)OCCOCCOCCOCCOCCOCCOc1ccccc1N. The Kier molecular flexibility index (Phi) is 16.1. The second kappa shape index (κ2) is 18.6. The van der Waals surface area contributed by atoms with Crippen molar-refractivity contribution in [2.45, 2.75) is 6.92 Å². The molecule has 0 fully saturated rings. The van der Waals surface area contributed by atoms with Crippen LogP contribution in [0.4, 0.5) is 5.69 Å². The lowest BCUT2D eigenvalue weighted by molar-refractivity contribution is -0.140. The Morgan fingerprint density at radius 3 is 1.61 bits per heavy atom. The molecule has 1 rings (SSSR count). The third-order valence-corrected chi connectivity index (χ3v) is 3.70. The van der Waals surface area contributed by atoms with Crippen molar-refractivity contribution in [3.05, 3.63) is 36.4 Å². The largest absolute Gasteiger partial charge is 0.489 e. The van der Waals surface area contributed by atoms with E-state index in [4.69, 9.17) is 38.9 Å². The maximum Gasteiger partial charge on any atom is 0.333 e. The summed E-state index contributed by atoms with van der Waals surface area (Å²) >= 11 is 0. The van der Waals surface area contributed by atoms with Gasteiger partial charge in [-0.1, -0.05) is 18.7 Å². The number of nitrogen functional groups attached to an aromatic ring is 1. The topological polar surface area (TPSA) is 108 Å². The second-order valence-corrected chi connectivity index (χ2v) is 6.36. The van der Waals surface area contributed by atoms with E-state index in [0.29, 0.717) is 89.7 Å². The Morgan fingerprint density at radius 1 is 0.742 bits per heavy atom. The van der Waals surface area contributed by atoms with Crippen LogP contribution >= 0.6 is 0 Å². The Balaban J connectivity index is 1.73. The highest BCUT2D eigenvalue weighted by molar-refractivity contribution is 5.86. The summed E-state index contributed by atoms with van der Waals surface area (Å²) in [5, 5.41) is 0. The molecule has 0 heterocycles. The van der Waals surface area contributed by atoms with Gasteiger partial charge in [-0.25, -0.2) is 4.79 Å². The monoisotopic (exact) mass is 441 g/mol. The van der Waals surface area contributed by atoms with Gasteiger partial charge in [-0.05, 0) is 19.1 Å². The van der Waals surface area contributed by atoms with E-state index in [1.54, 1.807) is 13.0 Å². The fourth-order valence-electron chi connectivity index (χ4n) is 2.12. The van der Waals surface area contributed by atoms with Gasteiger partial charge in [0.1, 0.15) is 19.0 Å². The van der Waals surface area contributed by atoms with Crippen LogP contribution in [0, 0.1) is 0 Å². The Hall–Kier alpha value is -2.17. The average Bonchev–Trinajstić information content (AvgIpc) is 2.76. The zero-order chi connectivity index (χ0) is 22.6. The van der Waals surface area contributed by atoms with Gasteiger partial charge in [0.2, 0.25) is 0 Å². The second-order valence-electron chi connectivity index (χ2n) is 6.36. The number of nitrogens with two attached hydrogens (primary N) is 1. The molecule has 0 spiro atoms. The van der Waals surface area contributed by atoms with Gasteiger partial charge >= 0.3 is 5.97 Å². The zero-order valence-electron chi connectivity index (χ0n) is 18.3. The molecule has 9 heteroatoms. The number of anilines is 1. The van der Waals surface area contributed by atoms with Crippen molar-refractivity contribution >= 4 is 11.7 Å². The molecule has 0 aliphatic heterocycles. The molecule has 0 aliphatic rings. The number of benzene rings is 1. The number of hydrogen-bond acceptors (Lipinski definition) is 9. The van der Waals surface area contributed by atoms with Crippen molar-refractivity contribution in [2.24, 2.45) is 0 Å². The van der Waals surface area contributed by atoms with Gasteiger partial charge in [0.05, 0.1) is 71.8 Å². The van der Waals surface area contributed by atoms with E-state index in [0.717, 1.165) is 0 Å². The van der Waals surface area contributed by atoms with Crippen LogP contribution in [0.15, 0.2) is 36.4 Å². The van der Waals surface area contributed by atoms with Crippen molar-refractivity contribution in [1.29, 1.82) is 0 Å². The molecular formula is C22H35NO8. The maximum absolute atomic E-state index is 11.1. The molecule has 31 heavy (non-hydrogen) atoms. The first-order valence-corrected chi connectivity index (χ1v) is 10.3. The van der Waals surface area contributed by atoms with Crippen molar-refractivity contribution in [2.75, 3.05) is 85.0 Å². The molecule has 9 nitrogen and oxygen atoms in total. The number of esters is 1. The molecule has 0 saturated carbocycles. The van der Waals surface area contributed by atoms with E-state index in [2.05, 4.69) is 6.58 Å². The standard InChI is InChI=1S/C22H35NO8/c1-19(2)22(24)31-18-16-29-14-12-27-10-8-25-7-9-26-11-13-28-15-17-30-21-6-4-3-5-20(21)23/h3-6H,1,7-18,23H2,2H3. The van der Waals surface area contributed by atoms with Gasteiger partial charge in [-0.15, -0.1) is 0 Å². The molecule has 0 bridgehead atoms. The minimum absolute atomic E-state index is 0.205. The third kappa shape index (κ3) is 15.3. The van der Waals surface area contributed by atoms with Crippen molar-refractivity contribution in [3.63, 3.8) is 0 Å². The first kappa shape index (κ1) is 26.9. The zero-order valence-corrected chi connectivity index (χ0v) is 18.3. The van der Waals surface area contributed by atoms with Gasteiger partial charge in [-0.2, -0.15) is 0 Å². The summed E-state index contributed by atoms with van der Waals surface area (Å²) in [5.41, 5.74) is 6.77. The number of rotatable bonds is 20. The lowest BCUT2D eigenvalue weighted by Gasteiger charge is -2.09. The highest BCUT2D eigenvalue weighted by Crippen LogP contribution is 2.19. The van der Waals surface area contributed by atoms with E-state index in [9.17, 15) is 4.79 Å². The highest BCUT2D eigenvalue weighted by Gasteiger charge is 2.02. The minimum atomic E-state index is -0.409. The Bertz CT molecular complexity index is 611. The molecule has 0 radical (unpaired) electrons. The van der Waals surface area contributed by atoms with Crippen molar-refractivity contribution < 1.29 is 38.0 Å². The van der Waals surface area contributed by atoms with E-state index in [1.165, 1.54) is 0 Å². The van der Waals surface area contributed by atoms with Crippen LogP contribution in [0.1, 0.15) is 6.92 Å². The number of carbonyl (C=O) groups is 1. The fourth-order valence-corrected chi connectivity index (χ4v) is 2.12. The van der Waals surface area contributed by atoms with Crippen LogP contribution in [0.2, 0.25) is 0 Å². The normalized spacial score (nSPS) is 10.7. The van der Waals surface area contributed by atoms with Gasteiger partial charge in [0.25, 0.3) is 0 Å². The van der Waals surface area contributed by atoms with Crippen molar-refractivity contribution in [3.8, 4) is 5.75 Å². The molecule has 0 atom stereocenters. The Morgan fingerprint density at radius 2 is 1.16 bits per heavy atom. The van der Waals surface area contributed by atoms with E-state index < -0.39 is 5.97 Å². The average molecular weight is 442 g/mol. The summed E-state index contributed by atoms with van der Waals surface area (Å²) in [6.45, 7) is 10.3. The van der Waals surface area contributed by atoms with Crippen LogP contribution in [0.5, 0.6) is 5.75 Å². The maximum atomic E-state index is 11.1. The number of carbonyl (C=O) groups excluding carboxylic acids is 1. The van der Waals surface area contributed by atoms with Gasteiger partial charge < -0.3 is 38.9 Å². The molecule has 0 amide bonds. The van der Waals surface area contributed by atoms with E-state index in [-0.39, 0.29) is 6.61 Å². The molecule has 0 saturated heterocycles. The first-order valence-electron chi connectivity index (χ1n) is 10.3. The van der Waals surface area contributed by atoms with Gasteiger partial charge in [-0.3, -0.25) is 0 Å².